The molecule has 2 aromatic heterocycles. The molecule has 2 rings (SSSR count). The molecule has 0 saturated carbocycles. The van der Waals surface area contributed by atoms with Crippen LogP contribution in [0.4, 0.5) is 0 Å². The Morgan fingerprint density at radius 1 is 1.25 bits per heavy atom. The summed E-state index contributed by atoms with van der Waals surface area (Å²) in [6, 6.07) is 1.46. The first-order chi connectivity index (χ1) is 10.7. The summed E-state index contributed by atoms with van der Waals surface area (Å²) in [7, 11) is 0. The van der Waals surface area contributed by atoms with Crippen LogP contribution in [0.3, 0.4) is 0 Å². The summed E-state index contributed by atoms with van der Waals surface area (Å²) in [6.45, 7) is 6.35. The molecule has 0 aromatic carbocycles. The van der Waals surface area contributed by atoms with E-state index in [0.717, 1.165) is 12.0 Å². The Balaban J connectivity index is 0.00000288. The summed E-state index contributed by atoms with van der Waals surface area (Å²) in [5.74, 6) is -1.32. The van der Waals surface area contributed by atoms with Gasteiger partial charge in [-0.2, -0.15) is 5.10 Å². The van der Waals surface area contributed by atoms with E-state index in [1.807, 2.05) is 0 Å². The molecule has 0 fully saturated rings. The molecule has 24 heavy (non-hydrogen) atoms. The van der Waals surface area contributed by atoms with Gasteiger partial charge < -0.3 is 10.2 Å². The van der Waals surface area contributed by atoms with Crippen LogP contribution in [0, 0.1) is 5.41 Å². The van der Waals surface area contributed by atoms with E-state index in [4.69, 9.17) is 5.11 Å². The molecule has 0 aliphatic rings. The summed E-state index contributed by atoms with van der Waals surface area (Å²) in [5, 5.41) is 22.8. The van der Waals surface area contributed by atoms with Crippen molar-refractivity contribution in [3.63, 3.8) is 0 Å². The first kappa shape index (κ1) is 19.9. The first-order valence-corrected chi connectivity index (χ1v) is 7.48. The van der Waals surface area contributed by atoms with Gasteiger partial charge in [0, 0.05) is 12.0 Å². The second kappa shape index (κ2) is 7.61. The fourth-order valence-electron chi connectivity index (χ4n) is 2.32. The van der Waals surface area contributed by atoms with Crippen LogP contribution >= 0.6 is 12.4 Å². The van der Waals surface area contributed by atoms with Crippen molar-refractivity contribution in [1.82, 2.24) is 14.6 Å². The summed E-state index contributed by atoms with van der Waals surface area (Å²) in [6.07, 6.45) is 2.50. The number of fused-ring (bicyclic) bond motifs is 1. The number of aromatic nitrogens is 3. The van der Waals surface area contributed by atoms with Crippen LogP contribution in [0.5, 0.6) is 0 Å². The minimum absolute atomic E-state index is 0. The molecule has 0 radical (unpaired) electrons. The number of carbonyl (C=O) groups is 1. The average Bonchev–Trinajstić information content (AvgIpc) is 2.90. The smallest absolute Gasteiger partial charge is 0.303 e. The van der Waals surface area contributed by atoms with Crippen molar-refractivity contribution in [2.45, 2.75) is 46.5 Å². The van der Waals surface area contributed by atoms with Gasteiger partial charge in [0.05, 0.1) is 6.42 Å². The third-order valence-electron chi connectivity index (χ3n) is 3.58. The number of carboxylic acid groups (broad SMARTS) is 1. The molecule has 0 spiro atoms. The Bertz CT molecular complexity index is 839. The zero-order valence-electron chi connectivity index (χ0n) is 13.9. The van der Waals surface area contributed by atoms with Crippen LogP contribution < -0.4 is 10.8 Å². The minimum atomic E-state index is -1.04. The number of halogens is 1. The summed E-state index contributed by atoms with van der Waals surface area (Å²) in [5.41, 5.74) is 1.03. The number of hydrogen-bond acceptors (Lipinski definition) is 5. The number of rotatable bonds is 5. The number of nitrogens with zero attached hydrogens (tertiary/aromatic N) is 3. The number of aryl methyl sites for hydroxylation is 1. The van der Waals surface area contributed by atoms with Gasteiger partial charge in [-0.1, -0.05) is 20.8 Å². The predicted molar refractivity (Wildman–Crippen MR) is 92.4 cm³/mol. The highest BCUT2D eigenvalue weighted by Crippen LogP contribution is 2.21. The van der Waals surface area contributed by atoms with Gasteiger partial charge in [-0.25, -0.2) is 9.50 Å². The Morgan fingerprint density at radius 2 is 1.92 bits per heavy atom. The lowest BCUT2D eigenvalue weighted by molar-refractivity contribution is -0.136. The SMILES string of the molecule is CC(C)(C)CCc1cc(=O)c(=C(O)CCC(=O)O)n2ncnc12.Cl. The van der Waals surface area contributed by atoms with E-state index < -0.39 is 5.97 Å². The molecular formula is C16H22ClN3O4. The summed E-state index contributed by atoms with van der Waals surface area (Å²) >= 11 is 0. The van der Waals surface area contributed by atoms with Gasteiger partial charge in [0.25, 0.3) is 0 Å². The van der Waals surface area contributed by atoms with E-state index >= 15 is 0 Å². The van der Waals surface area contributed by atoms with Crippen molar-refractivity contribution >= 4 is 29.8 Å². The molecule has 0 bridgehead atoms. The molecule has 2 heterocycles. The predicted octanol–water partition coefficient (Wildman–Crippen LogP) is 1.74. The van der Waals surface area contributed by atoms with Crippen LogP contribution in [0.15, 0.2) is 17.2 Å². The minimum Gasteiger partial charge on any atom is -0.510 e. The Kier molecular flexibility index (Phi) is 6.31. The molecule has 132 valence electrons. The molecule has 2 aromatic rings. The highest BCUT2D eigenvalue weighted by Gasteiger charge is 2.15. The zero-order valence-corrected chi connectivity index (χ0v) is 14.8. The van der Waals surface area contributed by atoms with Gasteiger partial charge in [-0.15, -0.1) is 12.4 Å². The molecule has 2 N–H and O–H groups in total. The maximum Gasteiger partial charge on any atom is 0.303 e. The zero-order chi connectivity index (χ0) is 17.2. The highest BCUT2D eigenvalue weighted by molar-refractivity contribution is 5.85. The van der Waals surface area contributed by atoms with E-state index in [9.17, 15) is 14.7 Å². The van der Waals surface area contributed by atoms with Crippen molar-refractivity contribution in [3.05, 3.63) is 33.5 Å². The van der Waals surface area contributed by atoms with Gasteiger partial charge in [-0.3, -0.25) is 9.59 Å². The van der Waals surface area contributed by atoms with E-state index in [-0.39, 0.29) is 47.2 Å². The number of pyridine rings is 1. The highest BCUT2D eigenvalue weighted by atomic mass is 35.5. The Morgan fingerprint density at radius 3 is 2.50 bits per heavy atom. The Labute approximate surface area is 145 Å². The molecule has 7 nitrogen and oxygen atoms in total. The monoisotopic (exact) mass is 355 g/mol. The summed E-state index contributed by atoms with van der Waals surface area (Å²) in [4.78, 5) is 27.1. The number of carboxylic acids is 1. The number of aliphatic hydroxyl groups excluding tert-OH is 1. The van der Waals surface area contributed by atoms with Gasteiger partial charge in [0.1, 0.15) is 12.1 Å². The largest absolute Gasteiger partial charge is 0.510 e. The van der Waals surface area contributed by atoms with Gasteiger partial charge >= 0.3 is 5.97 Å². The van der Waals surface area contributed by atoms with E-state index in [0.29, 0.717) is 12.1 Å². The number of aliphatic hydroxyl groups is 1. The maximum absolute atomic E-state index is 12.3. The van der Waals surface area contributed by atoms with Crippen LogP contribution in [-0.2, 0) is 11.2 Å². The van der Waals surface area contributed by atoms with Crippen molar-refractivity contribution < 1.29 is 15.0 Å². The quantitative estimate of drug-likeness (QED) is 0.846. The van der Waals surface area contributed by atoms with Crippen LogP contribution in [0.25, 0.3) is 11.4 Å². The van der Waals surface area contributed by atoms with E-state index in [1.54, 1.807) is 0 Å². The van der Waals surface area contributed by atoms with Crippen molar-refractivity contribution in [2.75, 3.05) is 0 Å². The molecule has 0 aliphatic carbocycles. The second-order valence-electron chi connectivity index (χ2n) is 6.78. The number of hydrogen-bond donors (Lipinski definition) is 2. The Hall–Kier alpha value is -2.15. The summed E-state index contributed by atoms with van der Waals surface area (Å²) < 4.78 is 1.30. The van der Waals surface area contributed by atoms with Crippen molar-refractivity contribution in [1.29, 1.82) is 0 Å². The topological polar surface area (TPSA) is 105 Å². The molecule has 0 unspecified atom stereocenters. The van der Waals surface area contributed by atoms with Crippen LogP contribution in [-0.4, -0.2) is 30.8 Å². The second-order valence-corrected chi connectivity index (χ2v) is 6.78. The van der Waals surface area contributed by atoms with Crippen LogP contribution in [0.2, 0.25) is 0 Å². The van der Waals surface area contributed by atoms with E-state index in [1.165, 1.54) is 16.9 Å². The maximum atomic E-state index is 12.3. The molecule has 0 aliphatic heterocycles. The third-order valence-corrected chi connectivity index (χ3v) is 3.58. The average molecular weight is 356 g/mol. The standard InChI is InChI=1S/C16H21N3O4.ClH/c1-16(2,3)7-6-10-8-12(21)14(11(20)4-5-13(22)23)19-15(10)17-9-18-19;/h8-9,20H,4-7H2,1-3H3,(H,22,23);1H. The normalized spacial score (nSPS) is 12.8. The molecule has 0 amide bonds. The lowest BCUT2D eigenvalue weighted by Gasteiger charge is -2.17. The van der Waals surface area contributed by atoms with Gasteiger partial charge in [0.2, 0.25) is 5.43 Å². The number of aliphatic carboxylic acids is 1. The lowest BCUT2D eigenvalue weighted by Crippen LogP contribution is -2.35. The third kappa shape index (κ3) is 4.67. The van der Waals surface area contributed by atoms with Gasteiger partial charge in [0.15, 0.2) is 11.0 Å². The van der Waals surface area contributed by atoms with Crippen molar-refractivity contribution in [2.24, 2.45) is 5.41 Å². The van der Waals surface area contributed by atoms with Crippen LogP contribution in [0.1, 0.15) is 45.6 Å². The van der Waals surface area contributed by atoms with Crippen molar-refractivity contribution in [3.8, 4) is 0 Å². The molecular weight excluding hydrogens is 334 g/mol. The fraction of sp³-hybridized carbons (Fsp3) is 0.500. The molecule has 0 saturated heterocycles. The van der Waals surface area contributed by atoms with Gasteiger partial charge in [-0.05, 0) is 24.3 Å². The molecule has 8 heteroatoms. The first-order valence-electron chi connectivity index (χ1n) is 7.48. The molecule has 0 atom stereocenters. The lowest BCUT2D eigenvalue weighted by atomic mass is 9.89. The fourth-order valence-corrected chi connectivity index (χ4v) is 2.32. The van der Waals surface area contributed by atoms with E-state index in [2.05, 4.69) is 30.9 Å².